The minimum atomic E-state index is -3.09. The standard InChI is InChI=1S/C9H17BrN2O2S/c10-7-15(13,14)11-8-3-5-12(6-4-8)9-1-2-9/h8-9,11H,1-7H2. The van der Waals surface area contributed by atoms with Gasteiger partial charge < -0.3 is 4.90 Å². The second-order valence-corrected chi connectivity index (χ2v) is 7.44. The third-order valence-corrected chi connectivity index (χ3v) is 5.87. The molecule has 1 heterocycles. The van der Waals surface area contributed by atoms with Crippen molar-refractivity contribution in [3.63, 3.8) is 0 Å². The molecule has 1 saturated carbocycles. The summed E-state index contributed by atoms with van der Waals surface area (Å²) in [6.45, 7) is 2.08. The van der Waals surface area contributed by atoms with Crippen LogP contribution in [0, 0.1) is 0 Å². The van der Waals surface area contributed by atoms with Crippen molar-refractivity contribution >= 4 is 26.0 Å². The molecule has 4 nitrogen and oxygen atoms in total. The molecule has 2 aliphatic rings. The zero-order valence-corrected chi connectivity index (χ0v) is 11.1. The lowest BCUT2D eigenvalue weighted by atomic mass is 10.1. The van der Waals surface area contributed by atoms with E-state index in [1.165, 1.54) is 12.8 Å². The molecule has 0 atom stereocenters. The fourth-order valence-electron chi connectivity index (χ4n) is 2.11. The van der Waals surface area contributed by atoms with E-state index in [0.717, 1.165) is 32.0 Å². The Balaban J connectivity index is 1.77. The van der Waals surface area contributed by atoms with Crippen LogP contribution in [0.2, 0.25) is 0 Å². The van der Waals surface area contributed by atoms with Crippen molar-refractivity contribution < 1.29 is 8.42 Å². The molecule has 0 aromatic rings. The van der Waals surface area contributed by atoms with Gasteiger partial charge in [0.15, 0.2) is 0 Å². The molecule has 0 unspecified atom stereocenters. The quantitative estimate of drug-likeness (QED) is 0.784. The smallest absolute Gasteiger partial charge is 0.221 e. The van der Waals surface area contributed by atoms with E-state index in [9.17, 15) is 8.42 Å². The van der Waals surface area contributed by atoms with E-state index in [4.69, 9.17) is 0 Å². The summed E-state index contributed by atoms with van der Waals surface area (Å²) >= 11 is 2.98. The van der Waals surface area contributed by atoms with Gasteiger partial charge in [-0.15, -0.1) is 0 Å². The van der Waals surface area contributed by atoms with Gasteiger partial charge in [-0.3, -0.25) is 0 Å². The Kier molecular flexibility index (Phi) is 3.70. The molecule has 0 amide bonds. The molecular weight excluding hydrogens is 280 g/mol. The van der Waals surface area contributed by atoms with Gasteiger partial charge in [0.2, 0.25) is 10.0 Å². The zero-order chi connectivity index (χ0) is 10.9. The summed E-state index contributed by atoms with van der Waals surface area (Å²) in [5.74, 6) is 0. The van der Waals surface area contributed by atoms with Gasteiger partial charge in [-0.1, -0.05) is 15.9 Å². The van der Waals surface area contributed by atoms with Crippen LogP contribution >= 0.6 is 15.9 Å². The maximum Gasteiger partial charge on any atom is 0.221 e. The third kappa shape index (κ3) is 3.41. The summed E-state index contributed by atoms with van der Waals surface area (Å²) in [6, 6.07) is 0.946. The largest absolute Gasteiger partial charge is 0.300 e. The molecule has 0 radical (unpaired) electrons. The molecule has 0 aromatic carbocycles. The van der Waals surface area contributed by atoms with Gasteiger partial charge in [0, 0.05) is 12.1 Å². The Hall–Kier alpha value is 0.350. The van der Waals surface area contributed by atoms with Gasteiger partial charge in [0.05, 0.1) is 0 Å². The molecule has 1 aliphatic heterocycles. The first-order chi connectivity index (χ1) is 7.11. The monoisotopic (exact) mass is 296 g/mol. The number of likely N-dealkylation sites (tertiary alicyclic amines) is 1. The summed E-state index contributed by atoms with van der Waals surface area (Å²) < 4.78 is 25.4. The van der Waals surface area contributed by atoms with Gasteiger partial charge in [-0.25, -0.2) is 13.1 Å². The number of hydrogen-bond donors (Lipinski definition) is 1. The van der Waals surface area contributed by atoms with Crippen LogP contribution < -0.4 is 4.72 Å². The Morgan fingerprint density at radius 2 is 1.80 bits per heavy atom. The van der Waals surface area contributed by atoms with Crippen LogP contribution in [0.1, 0.15) is 25.7 Å². The average molecular weight is 297 g/mol. The molecule has 1 aliphatic carbocycles. The van der Waals surface area contributed by atoms with Crippen molar-refractivity contribution in [2.45, 2.75) is 37.8 Å². The summed E-state index contributed by atoms with van der Waals surface area (Å²) in [5.41, 5.74) is 0. The predicted molar refractivity (Wildman–Crippen MR) is 63.5 cm³/mol. The van der Waals surface area contributed by atoms with Crippen molar-refractivity contribution in [3.8, 4) is 0 Å². The summed E-state index contributed by atoms with van der Waals surface area (Å²) in [5, 5.41) is 0. The maximum atomic E-state index is 11.3. The fourth-order valence-corrected chi connectivity index (χ4v) is 3.31. The van der Waals surface area contributed by atoms with E-state index in [2.05, 4.69) is 25.6 Å². The highest BCUT2D eigenvalue weighted by Gasteiger charge is 2.32. The van der Waals surface area contributed by atoms with E-state index in [1.807, 2.05) is 0 Å². The molecule has 0 aromatic heterocycles. The van der Waals surface area contributed by atoms with Gasteiger partial charge in [-0.2, -0.15) is 0 Å². The van der Waals surface area contributed by atoms with Crippen LogP contribution in [0.4, 0.5) is 0 Å². The number of piperidine rings is 1. The summed E-state index contributed by atoms with van der Waals surface area (Å²) in [4.78, 5) is 2.49. The fraction of sp³-hybridized carbons (Fsp3) is 1.00. The van der Waals surface area contributed by atoms with E-state index in [-0.39, 0.29) is 10.7 Å². The number of alkyl halides is 1. The van der Waals surface area contributed by atoms with Gasteiger partial charge in [0.1, 0.15) is 4.66 Å². The van der Waals surface area contributed by atoms with E-state index in [0.29, 0.717) is 0 Å². The topological polar surface area (TPSA) is 49.4 Å². The van der Waals surface area contributed by atoms with E-state index < -0.39 is 10.0 Å². The van der Waals surface area contributed by atoms with Crippen molar-refractivity contribution in [2.75, 3.05) is 17.8 Å². The summed E-state index contributed by atoms with van der Waals surface area (Å²) in [6.07, 6.45) is 4.56. The Bertz CT molecular complexity index is 308. The first-order valence-electron chi connectivity index (χ1n) is 5.41. The lowest BCUT2D eigenvalue weighted by Gasteiger charge is -2.32. The number of sulfonamides is 1. The molecule has 6 heteroatoms. The average Bonchev–Trinajstić information content (AvgIpc) is 3.02. The van der Waals surface area contributed by atoms with Crippen molar-refractivity contribution in [1.29, 1.82) is 0 Å². The normalized spacial score (nSPS) is 25.7. The molecule has 15 heavy (non-hydrogen) atoms. The first-order valence-corrected chi connectivity index (χ1v) is 8.18. The van der Waals surface area contributed by atoms with Crippen LogP contribution in [0.15, 0.2) is 0 Å². The highest BCUT2D eigenvalue weighted by atomic mass is 79.9. The highest BCUT2D eigenvalue weighted by molar-refractivity contribution is 9.10. The Morgan fingerprint density at radius 3 is 2.27 bits per heavy atom. The molecular formula is C9H17BrN2O2S. The Morgan fingerprint density at radius 1 is 1.20 bits per heavy atom. The number of nitrogens with one attached hydrogen (secondary N) is 1. The van der Waals surface area contributed by atoms with Crippen molar-refractivity contribution in [1.82, 2.24) is 9.62 Å². The number of rotatable bonds is 4. The number of nitrogens with zero attached hydrogens (tertiary/aromatic N) is 1. The number of halogens is 1. The molecule has 0 spiro atoms. The molecule has 0 bridgehead atoms. The zero-order valence-electron chi connectivity index (χ0n) is 8.65. The second kappa shape index (κ2) is 4.69. The van der Waals surface area contributed by atoms with Crippen molar-refractivity contribution in [2.24, 2.45) is 0 Å². The first kappa shape index (κ1) is 11.8. The molecule has 2 fully saturated rings. The molecule has 88 valence electrons. The SMILES string of the molecule is O=S(=O)(CBr)NC1CCN(C2CC2)CC1. The third-order valence-electron chi connectivity index (χ3n) is 3.08. The van der Waals surface area contributed by atoms with Crippen LogP contribution in [0.5, 0.6) is 0 Å². The number of hydrogen-bond acceptors (Lipinski definition) is 3. The lowest BCUT2D eigenvalue weighted by Crippen LogP contribution is -2.45. The second-order valence-electron chi connectivity index (χ2n) is 4.38. The van der Waals surface area contributed by atoms with E-state index in [1.54, 1.807) is 0 Å². The van der Waals surface area contributed by atoms with Gasteiger partial charge in [-0.05, 0) is 38.8 Å². The van der Waals surface area contributed by atoms with E-state index >= 15 is 0 Å². The predicted octanol–water partition coefficient (Wildman–Crippen LogP) is 0.885. The van der Waals surface area contributed by atoms with Gasteiger partial charge in [0.25, 0.3) is 0 Å². The molecule has 2 rings (SSSR count). The lowest BCUT2D eigenvalue weighted by molar-refractivity contribution is 0.199. The maximum absolute atomic E-state index is 11.3. The summed E-state index contributed by atoms with van der Waals surface area (Å²) in [7, 11) is -3.09. The van der Waals surface area contributed by atoms with Crippen molar-refractivity contribution in [3.05, 3.63) is 0 Å². The Labute approximate surface area is 99.6 Å². The minimum absolute atomic E-state index is 0.00282. The minimum Gasteiger partial charge on any atom is -0.300 e. The van der Waals surface area contributed by atoms with Crippen LogP contribution in [0.25, 0.3) is 0 Å². The van der Waals surface area contributed by atoms with Crippen LogP contribution in [-0.4, -0.2) is 43.2 Å². The molecule has 1 saturated heterocycles. The van der Waals surface area contributed by atoms with Crippen LogP contribution in [-0.2, 0) is 10.0 Å². The van der Waals surface area contributed by atoms with Crippen LogP contribution in [0.3, 0.4) is 0 Å². The molecule has 1 N–H and O–H groups in total. The highest BCUT2D eigenvalue weighted by Crippen LogP contribution is 2.29. The van der Waals surface area contributed by atoms with Gasteiger partial charge >= 0.3 is 0 Å².